The van der Waals surface area contributed by atoms with Crippen LogP contribution in [0.1, 0.15) is 33.2 Å². The minimum absolute atomic E-state index is 0.0197. The molecule has 0 aliphatic heterocycles. The van der Waals surface area contributed by atoms with Gasteiger partial charge >= 0.3 is 5.69 Å². The van der Waals surface area contributed by atoms with Gasteiger partial charge in [-0.2, -0.15) is 15.0 Å². The van der Waals surface area contributed by atoms with Gasteiger partial charge in [-0.15, -0.1) is 5.10 Å². The predicted octanol–water partition coefficient (Wildman–Crippen LogP) is 1.96. The lowest BCUT2D eigenvalue weighted by molar-refractivity contribution is 0.533. The monoisotopic (exact) mass is 329 g/mol. The Balaban J connectivity index is 2.27. The van der Waals surface area contributed by atoms with Gasteiger partial charge in [0.15, 0.2) is 5.16 Å². The molecule has 2 heterocycles. The first-order valence-corrected chi connectivity index (χ1v) is 7.71. The molecule has 0 spiro atoms. The van der Waals surface area contributed by atoms with Gasteiger partial charge in [-0.3, -0.25) is 4.57 Å². The van der Waals surface area contributed by atoms with Crippen LogP contribution in [0, 0.1) is 0 Å². The molecule has 0 unspecified atom stereocenters. The molecule has 0 fully saturated rings. The second-order valence-corrected chi connectivity index (χ2v) is 5.79. The maximum atomic E-state index is 11.7. The summed E-state index contributed by atoms with van der Waals surface area (Å²) in [6.07, 6.45) is 0.942. The molecule has 0 saturated heterocycles. The third-order valence-electron chi connectivity index (χ3n) is 2.49. The summed E-state index contributed by atoms with van der Waals surface area (Å²) >= 11 is 7.05. The molecular weight excluding hydrogens is 314 g/mol. The van der Waals surface area contributed by atoms with Crippen LogP contribution in [0.15, 0.2) is 15.1 Å². The van der Waals surface area contributed by atoms with Crippen molar-refractivity contribution in [2.75, 3.05) is 11.9 Å². The van der Waals surface area contributed by atoms with Crippen molar-refractivity contribution in [1.82, 2.24) is 29.7 Å². The molecule has 0 aromatic carbocycles. The van der Waals surface area contributed by atoms with Gasteiger partial charge in [0.05, 0.1) is 0 Å². The Hall–Kier alpha value is -1.61. The minimum atomic E-state index is -0.267. The van der Waals surface area contributed by atoms with E-state index in [1.165, 1.54) is 4.57 Å². The van der Waals surface area contributed by atoms with Crippen molar-refractivity contribution in [2.45, 2.75) is 43.5 Å². The van der Waals surface area contributed by atoms with Crippen molar-refractivity contribution in [3.05, 3.63) is 15.8 Å². The molecule has 10 heteroatoms. The van der Waals surface area contributed by atoms with Crippen molar-refractivity contribution in [1.29, 1.82) is 0 Å². The Kier molecular flexibility index (Phi) is 5.18. The summed E-state index contributed by atoms with van der Waals surface area (Å²) in [6, 6.07) is -0.0197. The van der Waals surface area contributed by atoms with Crippen LogP contribution in [0.2, 0.25) is 5.28 Å². The first-order valence-electron chi connectivity index (χ1n) is 6.51. The van der Waals surface area contributed by atoms with E-state index in [0.29, 0.717) is 16.3 Å². The highest BCUT2D eigenvalue weighted by Gasteiger charge is 2.15. The molecule has 8 nitrogen and oxygen atoms in total. The first-order chi connectivity index (χ1) is 10.0. The van der Waals surface area contributed by atoms with Crippen LogP contribution in [0.4, 0.5) is 5.95 Å². The summed E-state index contributed by atoms with van der Waals surface area (Å²) in [5.74, 6) is 0.410. The van der Waals surface area contributed by atoms with Gasteiger partial charge in [-0.05, 0) is 43.6 Å². The zero-order chi connectivity index (χ0) is 15.4. The molecule has 114 valence electrons. The molecule has 0 bridgehead atoms. The molecule has 0 aliphatic carbocycles. The fourth-order valence-corrected chi connectivity index (χ4v) is 2.71. The third kappa shape index (κ3) is 3.94. The molecular formula is C11H16ClN7OS. The van der Waals surface area contributed by atoms with Crippen molar-refractivity contribution in [2.24, 2.45) is 0 Å². The average molecular weight is 330 g/mol. The minimum Gasteiger partial charge on any atom is -0.354 e. The van der Waals surface area contributed by atoms with E-state index >= 15 is 0 Å². The van der Waals surface area contributed by atoms with Crippen molar-refractivity contribution in [3.8, 4) is 0 Å². The molecule has 0 atom stereocenters. The van der Waals surface area contributed by atoms with Crippen LogP contribution < -0.4 is 11.0 Å². The number of aromatic nitrogens is 6. The number of rotatable bonds is 6. The molecule has 0 saturated carbocycles. The molecule has 2 N–H and O–H groups in total. The third-order valence-corrected chi connectivity index (χ3v) is 3.50. The Bertz CT molecular complexity index is 669. The molecule has 21 heavy (non-hydrogen) atoms. The number of halogens is 1. The van der Waals surface area contributed by atoms with Gasteiger partial charge in [-0.25, -0.2) is 9.89 Å². The van der Waals surface area contributed by atoms with Gasteiger partial charge in [-0.1, -0.05) is 6.92 Å². The fourth-order valence-electron chi connectivity index (χ4n) is 1.59. The van der Waals surface area contributed by atoms with E-state index in [0.717, 1.165) is 24.7 Å². The van der Waals surface area contributed by atoms with Gasteiger partial charge in [0.1, 0.15) is 0 Å². The van der Waals surface area contributed by atoms with E-state index in [1.807, 2.05) is 20.8 Å². The topological polar surface area (TPSA) is 101 Å². The standard InChI is InChI=1S/C11H16ClN7OS/c1-4-5-13-8-14-7(12)15-9(16-8)21-11-18-17-10(20)19(11)6(2)3/h6H,4-5H2,1-3H3,(H,17,20)(H,13,14,15,16). The maximum Gasteiger partial charge on any atom is 0.344 e. The highest BCUT2D eigenvalue weighted by molar-refractivity contribution is 7.99. The van der Waals surface area contributed by atoms with Gasteiger partial charge < -0.3 is 5.32 Å². The lowest BCUT2D eigenvalue weighted by atomic mass is 10.4. The normalized spacial score (nSPS) is 11.1. The Morgan fingerprint density at radius 3 is 2.81 bits per heavy atom. The Morgan fingerprint density at radius 1 is 1.38 bits per heavy atom. The van der Waals surface area contributed by atoms with Gasteiger partial charge in [0, 0.05) is 12.6 Å². The quantitative estimate of drug-likeness (QED) is 0.835. The largest absolute Gasteiger partial charge is 0.354 e. The number of aromatic amines is 1. The lowest BCUT2D eigenvalue weighted by Crippen LogP contribution is -2.19. The highest BCUT2D eigenvalue weighted by atomic mass is 35.5. The Labute approximate surface area is 130 Å². The number of H-pyrrole nitrogens is 1. The summed E-state index contributed by atoms with van der Waals surface area (Å²) in [5.41, 5.74) is -0.267. The second kappa shape index (κ2) is 6.90. The van der Waals surface area contributed by atoms with E-state index in [1.54, 1.807) is 0 Å². The molecule has 2 aromatic rings. The van der Waals surface area contributed by atoms with E-state index in [4.69, 9.17) is 11.6 Å². The number of nitrogens with zero attached hydrogens (tertiary/aromatic N) is 5. The second-order valence-electron chi connectivity index (χ2n) is 4.51. The van der Waals surface area contributed by atoms with Crippen LogP contribution in [0.5, 0.6) is 0 Å². The number of anilines is 1. The summed E-state index contributed by atoms with van der Waals surface area (Å²) in [4.78, 5) is 24.0. The molecule has 0 radical (unpaired) electrons. The maximum absolute atomic E-state index is 11.7. The van der Waals surface area contributed by atoms with Crippen molar-refractivity contribution in [3.63, 3.8) is 0 Å². The smallest absolute Gasteiger partial charge is 0.344 e. The van der Waals surface area contributed by atoms with Crippen LogP contribution in [0.3, 0.4) is 0 Å². The summed E-state index contributed by atoms with van der Waals surface area (Å²) in [7, 11) is 0. The predicted molar refractivity (Wildman–Crippen MR) is 81.0 cm³/mol. The lowest BCUT2D eigenvalue weighted by Gasteiger charge is -2.08. The van der Waals surface area contributed by atoms with E-state index in [9.17, 15) is 4.79 Å². The Morgan fingerprint density at radius 2 is 2.14 bits per heavy atom. The summed E-state index contributed by atoms with van der Waals surface area (Å²) < 4.78 is 1.53. The van der Waals surface area contributed by atoms with E-state index in [2.05, 4.69) is 30.5 Å². The summed E-state index contributed by atoms with van der Waals surface area (Å²) in [6.45, 7) is 6.57. The highest BCUT2D eigenvalue weighted by Crippen LogP contribution is 2.24. The van der Waals surface area contributed by atoms with E-state index in [-0.39, 0.29) is 17.0 Å². The zero-order valence-electron chi connectivity index (χ0n) is 11.9. The van der Waals surface area contributed by atoms with Crippen LogP contribution in [-0.2, 0) is 0 Å². The SMILES string of the molecule is CCCNc1nc(Cl)nc(Sc2n[nH]c(=O)n2C(C)C)n1. The molecule has 2 aromatic heterocycles. The number of hydrogen-bond donors (Lipinski definition) is 2. The van der Waals surface area contributed by atoms with Crippen molar-refractivity contribution < 1.29 is 0 Å². The number of hydrogen-bond acceptors (Lipinski definition) is 7. The van der Waals surface area contributed by atoms with Crippen molar-refractivity contribution >= 4 is 29.3 Å². The molecule has 0 aliphatic rings. The first kappa shape index (κ1) is 15.8. The summed E-state index contributed by atoms with van der Waals surface area (Å²) in [5, 5.41) is 10.4. The zero-order valence-corrected chi connectivity index (χ0v) is 13.5. The van der Waals surface area contributed by atoms with Gasteiger partial charge in [0.2, 0.25) is 16.4 Å². The van der Waals surface area contributed by atoms with Crippen LogP contribution in [-0.4, -0.2) is 36.3 Å². The van der Waals surface area contributed by atoms with Crippen LogP contribution in [0.25, 0.3) is 0 Å². The van der Waals surface area contributed by atoms with E-state index < -0.39 is 0 Å². The molecule has 2 rings (SSSR count). The fraction of sp³-hybridized carbons (Fsp3) is 0.545. The van der Waals surface area contributed by atoms with Gasteiger partial charge in [0.25, 0.3) is 0 Å². The average Bonchev–Trinajstić information content (AvgIpc) is 2.76. The van der Waals surface area contributed by atoms with Crippen LogP contribution >= 0.6 is 23.4 Å². The molecule has 0 amide bonds. The number of nitrogens with one attached hydrogen (secondary N) is 2.